The average molecular weight is 242 g/mol. The Morgan fingerprint density at radius 3 is 2.88 bits per heavy atom. The summed E-state index contributed by atoms with van der Waals surface area (Å²) in [7, 11) is 1.65. The number of carbonyl (C=O) groups excluding carboxylic acids is 1. The topological polar surface area (TPSA) is 64.3 Å². The van der Waals surface area contributed by atoms with E-state index in [-0.39, 0.29) is 11.7 Å². The molecule has 1 rings (SSSR count). The summed E-state index contributed by atoms with van der Waals surface area (Å²) in [5, 5.41) is 4.08. The highest BCUT2D eigenvalue weighted by Crippen LogP contribution is 2.30. The van der Waals surface area contributed by atoms with Crippen LogP contribution < -0.4 is 11.1 Å². The number of nitrogens with one attached hydrogen (secondary N) is 1. The van der Waals surface area contributed by atoms with E-state index in [0.29, 0.717) is 23.7 Å². The highest BCUT2D eigenvalue weighted by Gasteiger charge is 2.17. The van der Waals surface area contributed by atoms with Gasteiger partial charge in [-0.2, -0.15) is 0 Å². The minimum absolute atomic E-state index is 0.0206. The van der Waals surface area contributed by atoms with Crippen molar-refractivity contribution in [3.63, 3.8) is 0 Å². The Hall–Kier alpha value is -1.07. The standard InChI is InChI=1S/C11H18N2O2S/c1-7(2)10(14)11-8(12)6-9(16-11)13-4-5-15-3/h6-7,13H,4-5,12H2,1-3H3. The quantitative estimate of drug-likeness (QED) is 0.593. The molecular formula is C11H18N2O2S. The molecule has 0 amide bonds. The number of nitrogen functional groups attached to an aromatic ring is 1. The number of rotatable bonds is 6. The van der Waals surface area contributed by atoms with Crippen LogP contribution in [0, 0.1) is 5.92 Å². The van der Waals surface area contributed by atoms with Crippen LogP contribution in [0.4, 0.5) is 10.7 Å². The molecule has 0 saturated heterocycles. The van der Waals surface area contributed by atoms with Gasteiger partial charge in [0.05, 0.1) is 22.2 Å². The van der Waals surface area contributed by atoms with Crippen molar-refractivity contribution in [2.75, 3.05) is 31.3 Å². The van der Waals surface area contributed by atoms with Crippen LogP contribution in [0.15, 0.2) is 6.07 Å². The van der Waals surface area contributed by atoms with Crippen molar-refractivity contribution < 1.29 is 9.53 Å². The molecule has 5 heteroatoms. The van der Waals surface area contributed by atoms with E-state index < -0.39 is 0 Å². The molecule has 0 radical (unpaired) electrons. The molecular weight excluding hydrogens is 224 g/mol. The largest absolute Gasteiger partial charge is 0.397 e. The predicted molar refractivity (Wildman–Crippen MR) is 68.3 cm³/mol. The van der Waals surface area contributed by atoms with Crippen molar-refractivity contribution in [3.05, 3.63) is 10.9 Å². The molecule has 1 aromatic rings. The molecule has 0 fully saturated rings. The van der Waals surface area contributed by atoms with Gasteiger partial charge in [0.2, 0.25) is 0 Å². The molecule has 1 heterocycles. The zero-order valence-corrected chi connectivity index (χ0v) is 10.7. The lowest BCUT2D eigenvalue weighted by Crippen LogP contribution is -2.07. The van der Waals surface area contributed by atoms with E-state index in [9.17, 15) is 4.79 Å². The summed E-state index contributed by atoms with van der Waals surface area (Å²) in [6.07, 6.45) is 0. The normalized spacial score (nSPS) is 10.8. The van der Waals surface area contributed by atoms with Crippen LogP contribution in [0.3, 0.4) is 0 Å². The zero-order valence-electron chi connectivity index (χ0n) is 9.87. The number of anilines is 2. The Kier molecular flexibility index (Phi) is 4.76. The molecule has 0 bridgehead atoms. The summed E-state index contributed by atoms with van der Waals surface area (Å²) in [4.78, 5) is 12.4. The molecule has 0 aliphatic heterocycles. The highest BCUT2D eigenvalue weighted by molar-refractivity contribution is 7.18. The number of carbonyl (C=O) groups is 1. The van der Waals surface area contributed by atoms with Crippen molar-refractivity contribution in [3.8, 4) is 0 Å². The molecule has 1 aromatic heterocycles. The number of ketones is 1. The third kappa shape index (κ3) is 3.21. The van der Waals surface area contributed by atoms with Gasteiger partial charge in [-0.25, -0.2) is 0 Å². The van der Waals surface area contributed by atoms with E-state index in [4.69, 9.17) is 10.5 Å². The molecule has 3 N–H and O–H groups in total. The van der Waals surface area contributed by atoms with Gasteiger partial charge in [-0.15, -0.1) is 11.3 Å². The van der Waals surface area contributed by atoms with Crippen LogP contribution in [0.25, 0.3) is 0 Å². The summed E-state index contributed by atoms with van der Waals surface area (Å²) in [6, 6.07) is 1.80. The lowest BCUT2D eigenvalue weighted by Gasteiger charge is -2.02. The van der Waals surface area contributed by atoms with Crippen LogP contribution in [-0.2, 0) is 4.74 Å². The third-order valence-electron chi connectivity index (χ3n) is 2.11. The smallest absolute Gasteiger partial charge is 0.177 e. The van der Waals surface area contributed by atoms with Gasteiger partial charge >= 0.3 is 0 Å². The van der Waals surface area contributed by atoms with Crippen LogP contribution >= 0.6 is 11.3 Å². The number of ether oxygens (including phenoxy) is 1. The predicted octanol–water partition coefficient (Wildman–Crippen LogP) is 2.23. The van der Waals surface area contributed by atoms with Gasteiger partial charge in [0.15, 0.2) is 5.78 Å². The summed E-state index contributed by atoms with van der Waals surface area (Å²) in [5.74, 6) is 0.0788. The monoisotopic (exact) mass is 242 g/mol. The first-order valence-electron chi connectivity index (χ1n) is 5.22. The first-order chi connectivity index (χ1) is 7.56. The van der Waals surface area contributed by atoms with Gasteiger partial charge in [0.1, 0.15) is 0 Å². The van der Waals surface area contributed by atoms with Crippen molar-refractivity contribution >= 4 is 27.8 Å². The lowest BCUT2D eigenvalue weighted by molar-refractivity contribution is 0.0944. The fourth-order valence-electron chi connectivity index (χ4n) is 1.22. The Labute approximate surface area is 99.8 Å². The molecule has 90 valence electrons. The van der Waals surface area contributed by atoms with Gasteiger partial charge in [-0.3, -0.25) is 4.79 Å². The minimum Gasteiger partial charge on any atom is -0.397 e. The molecule has 0 aliphatic carbocycles. The van der Waals surface area contributed by atoms with E-state index in [1.807, 2.05) is 13.8 Å². The second-order valence-corrected chi connectivity index (χ2v) is 4.89. The SMILES string of the molecule is COCCNc1cc(N)c(C(=O)C(C)C)s1. The second-order valence-electron chi connectivity index (χ2n) is 3.83. The molecule has 16 heavy (non-hydrogen) atoms. The van der Waals surface area contributed by atoms with Crippen molar-refractivity contribution in [2.45, 2.75) is 13.8 Å². The first kappa shape index (κ1) is 13.0. The maximum Gasteiger partial charge on any atom is 0.177 e. The summed E-state index contributed by atoms with van der Waals surface area (Å²) < 4.78 is 4.93. The number of hydrogen-bond donors (Lipinski definition) is 2. The summed E-state index contributed by atoms with van der Waals surface area (Å²) in [5.41, 5.74) is 6.36. The molecule has 4 nitrogen and oxygen atoms in total. The molecule has 0 spiro atoms. The van der Waals surface area contributed by atoms with Crippen LogP contribution in [0.2, 0.25) is 0 Å². The number of nitrogens with two attached hydrogens (primary N) is 1. The van der Waals surface area contributed by atoms with Gasteiger partial charge in [0, 0.05) is 19.6 Å². The van der Waals surface area contributed by atoms with Crippen LogP contribution in [0.5, 0.6) is 0 Å². The molecule has 0 aliphatic rings. The molecule has 0 aromatic carbocycles. The second kappa shape index (κ2) is 5.86. The fourth-order valence-corrected chi connectivity index (χ4v) is 2.32. The third-order valence-corrected chi connectivity index (χ3v) is 3.24. The first-order valence-corrected chi connectivity index (χ1v) is 6.04. The van der Waals surface area contributed by atoms with E-state index in [1.165, 1.54) is 11.3 Å². The number of methoxy groups -OCH3 is 1. The zero-order chi connectivity index (χ0) is 12.1. The molecule has 0 saturated carbocycles. The van der Waals surface area contributed by atoms with E-state index in [2.05, 4.69) is 5.32 Å². The van der Waals surface area contributed by atoms with Crippen molar-refractivity contribution in [2.24, 2.45) is 5.92 Å². The molecule has 0 unspecified atom stereocenters. The summed E-state index contributed by atoms with van der Waals surface area (Å²) >= 11 is 1.41. The Morgan fingerprint density at radius 1 is 1.62 bits per heavy atom. The van der Waals surface area contributed by atoms with Crippen LogP contribution in [-0.4, -0.2) is 26.0 Å². The number of thiophene rings is 1. The summed E-state index contributed by atoms with van der Waals surface area (Å²) in [6.45, 7) is 5.09. The van der Waals surface area contributed by atoms with E-state index in [1.54, 1.807) is 13.2 Å². The Balaban J connectivity index is 2.70. The van der Waals surface area contributed by atoms with Crippen molar-refractivity contribution in [1.82, 2.24) is 0 Å². The highest BCUT2D eigenvalue weighted by atomic mass is 32.1. The van der Waals surface area contributed by atoms with E-state index >= 15 is 0 Å². The van der Waals surface area contributed by atoms with Crippen LogP contribution in [0.1, 0.15) is 23.5 Å². The molecule has 0 atom stereocenters. The van der Waals surface area contributed by atoms with E-state index in [0.717, 1.165) is 5.00 Å². The van der Waals surface area contributed by atoms with Gasteiger partial charge in [-0.05, 0) is 6.07 Å². The van der Waals surface area contributed by atoms with Gasteiger partial charge in [0.25, 0.3) is 0 Å². The average Bonchev–Trinajstić information content (AvgIpc) is 2.59. The number of Topliss-reactive ketones (excluding diaryl/α,β-unsaturated/α-hetero) is 1. The van der Waals surface area contributed by atoms with Crippen molar-refractivity contribution in [1.29, 1.82) is 0 Å². The Bertz CT molecular complexity index is 361. The Morgan fingerprint density at radius 2 is 2.31 bits per heavy atom. The maximum absolute atomic E-state index is 11.8. The minimum atomic E-state index is -0.0206. The maximum atomic E-state index is 11.8. The van der Waals surface area contributed by atoms with Gasteiger partial charge < -0.3 is 15.8 Å². The lowest BCUT2D eigenvalue weighted by atomic mass is 10.1. The fraction of sp³-hybridized carbons (Fsp3) is 0.545. The number of hydrogen-bond acceptors (Lipinski definition) is 5. The van der Waals surface area contributed by atoms with Gasteiger partial charge in [-0.1, -0.05) is 13.8 Å².